The van der Waals surface area contributed by atoms with Crippen LogP contribution in [0.15, 0.2) is 48.5 Å². The maximum absolute atomic E-state index is 12.2. The lowest BCUT2D eigenvalue weighted by Crippen LogP contribution is -2.41. The Kier molecular flexibility index (Phi) is 7.80. The molecule has 2 amide bonds. The van der Waals surface area contributed by atoms with Crippen LogP contribution in [0.25, 0.3) is 11.1 Å². The maximum Gasteiger partial charge on any atom is 0.407 e. The number of benzene rings is 2. The number of hydrogen-bond donors (Lipinski definition) is 3. The number of amides is 2. The Morgan fingerprint density at radius 1 is 0.971 bits per heavy atom. The summed E-state index contributed by atoms with van der Waals surface area (Å²) in [5.74, 6) is -1.49. The molecule has 0 heterocycles. The van der Waals surface area contributed by atoms with Gasteiger partial charge in [-0.05, 0) is 41.5 Å². The van der Waals surface area contributed by atoms with Gasteiger partial charge in [-0.3, -0.25) is 9.59 Å². The molecular weight excluding hydrogens is 436 g/mol. The van der Waals surface area contributed by atoms with Gasteiger partial charge in [0.05, 0.1) is 12.5 Å². The van der Waals surface area contributed by atoms with E-state index in [4.69, 9.17) is 14.6 Å². The fourth-order valence-electron chi connectivity index (χ4n) is 4.85. The van der Waals surface area contributed by atoms with Gasteiger partial charge in [0.1, 0.15) is 13.2 Å². The molecule has 0 spiro atoms. The van der Waals surface area contributed by atoms with Gasteiger partial charge in [-0.1, -0.05) is 55.0 Å². The average molecular weight is 467 g/mol. The number of carbonyl (C=O) groups is 3. The fraction of sp³-hybridized carbons (Fsp3) is 0.423. The van der Waals surface area contributed by atoms with Gasteiger partial charge in [0.15, 0.2) is 0 Å². The van der Waals surface area contributed by atoms with Crippen molar-refractivity contribution in [2.75, 3.05) is 26.4 Å². The fourth-order valence-corrected chi connectivity index (χ4v) is 4.85. The molecule has 0 unspecified atom stereocenters. The number of carboxylic acid groups (broad SMARTS) is 1. The second kappa shape index (κ2) is 11.2. The van der Waals surface area contributed by atoms with Crippen molar-refractivity contribution in [3.05, 3.63) is 59.7 Å². The third-order valence-electron chi connectivity index (χ3n) is 6.48. The van der Waals surface area contributed by atoms with Gasteiger partial charge in [0.25, 0.3) is 0 Å². The van der Waals surface area contributed by atoms with Crippen molar-refractivity contribution in [2.24, 2.45) is 5.92 Å². The van der Waals surface area contributed by atoms with Crippen molar-refractivity contribution in [1.82, 2.24) is 10.6 Å². The first-order valence-corrected chi connectivity index (χ1v) is 11.7. The van der Waals surface area contributed by atoms with Crippen LogP contribution in [0.3, 0.4) is 0 Å². The number of carboxylic acids is 1. The molecule has 0 radical (unpaired) electrons. The van der Waals surface area contributed by atoms with Crippen LogP contribution in [-0.4, -0.2) is 55.5 Å². The number of alkyl carbamates (subject to hydrolysis) is 1. The number of fused-ring (bicyclic) bond motifs is 3. The van der Waals surface area contributed by atoms with Crippen molar-refractivity contribution < 1.29 is 29.0 Å². The molecule has 8 heteroatoms. The van der Waals surface area contributed by atoms with Crippen molar-refractivity contribution in [3.63, 3.8) is 0 Å². The lowest BCUT2D eigenvalue weighted by molar-refractivity contribution is -0.143. The van der Waals surface area contributed by atoms with E-state index in [1.807, 2.05) is 24.3 Å². The summed E-state index contributed by atoms with van der Waals surface area (Å²) in [4.78, 5) is 35.3. The van der Waals surface area contributed by atoms with E-state index in [1.165, 1.54) is 11.1 Å². The smallest absolute Gasteiger partial charge is 0.407 e. The lowest BCUT2D eigenvalue weighted by atomic mass is 9.86. The third-order valence-corrected chi connectivity index (χ3v) is 6.48. The van der Waals surface area contributed by atoms with Crippen LogP contribution < -0.4 is 10.6 Å². The summed E-state index contributed by atoms with van der Waals surface area (Å²) in [6.45, 7) is 0.483. The molecule has 0 aliphatic heterocycles. The van der Waals surface area contributed by atoms with Crippen LogP contribution in [-0.2, 0) is 19.1 Å². The zero-order valence-corrected chi connectivity index (χ0v) is 19.0. The second-order valence-corrected chi connectivity index (χ2v) is 8.77. The van der Waals surface area contributed by atoms with Crippen molar-refractivity contribution in [1.29, 1.82) is 0 Å². The van der Waals surface area contributed by atoms with Gasteiger partial charge in [-0.15, -0.1) is 0 Å². The van der Waals surface area contributed by atoms with Crippen LogP contribution >= 0.6 is 0 Å². The van der Waals surface area contributed by atoms with Crippen LogP contribution in [0.1, 0.15) is 42.7 Å². The summed E-state index contributed by atoms with van der Waals surface area (Å²) in [5, 5.41) is 14.6. The van der Waals surface area contributed by atoms with E-state index >= 15 is 0 Å². The van der Waals surface area contributed by atoms with E-state index in [9.17, 15) is 14.4 Å². The highest BCUT2D eigenvalue weighted by molar-refractivity contribution is 5.79. The highest BCUT2D eigenvalue weighted by atomic mass is 16.5. The minimum absolute atomic E-state index is 0.00129. The van der Waals surface area contributed by atoms with Crippen LogP contribution in [0, 0.1) is 5.92 Å². The Balaban J connectivity index is 1.13. The lowest BCUT2D eigenvalue weighted by Gasteiger charge is -2.27. The number of carbonyl (C=O) groups excluding carboxylic acids is 2. The topological polar surface area (TPSA) is 114 Å². The molecular formula is C26H30N2O6. The molecule has 3 N–H and O–H groups in total. The number of aliphatic carboxylic acids is 1. The molecule has 4 rings (SSSR count). The highest BCUT2D eigenvalue weighted by Gasteiger charge is 2.29. The molecule has 2 aliphatic carbocycles. The minimum Gasteiger partial charge on any atom is -0.481 e. The summed E-state index contributed by atoms with van der Waals surface area (Å²) in [6, 6.07) is 16.2. The molecule has 1 fully saturated rings. The second-order valence-electron chi connectivity index (χ2n) is 8.77. The molecule has 180 valence electrons. The molecule has 2 atom stereocenters. The summed E-state index contributed by atoms with van der Waals surface area (Å²) in [6.07, 6.45) is 2.13. The van der Waals surface area contributed by atoms with E-state index in [1.54, 1.807) is 0 Å². The highest BCUT2D eigenvalue weighted by Crippen LogP contribution is 2.44. The molecule has 0 saturated heterocycles. The van der Waals surface area contributed by atoms with Crippen LogP contribution in [0.4, 0.5) is 4.79 Å². The quantitative estimate of drug-likeness (QED) is 0.489. The predicted molar refractivity (Wildman–Crippen MR) is 125 cm³/mol. The van der Waals surface area contributed by atoms with Crippen molar-refractivity contribution >= 4 is 18.0 Å². The van der Waals surface area contributed by atoms with E-state index in [0.717, 1.165) is 24.0 Å². The minimum atomic E-state index is -0.811. The first-order valence-electron chi connectivity index (χ1n) is 11.7. The van der Waals surface area contributed by atoms with Crippen LogP contribution in [0.2, 0.25) is 0 Å². The normalized spacial score (nSPS) is 19.1. The van der Waals surface area contributed by atoms with E-state index in [0.29, 0.717) is 12.8 Å². The molecule has 8 nitrogen and oxygen atoms in total. The molecule has 0 aromatic heterocycles. The van der Waals surface area contributed by atoms with Gasteiger partial charge >= 0.3 is 12.1 Å². The Morgan fingerprint density at radius 3 is 2.32 bits per heavy atom. The SMILES string of the molecule is O=C(COCCNC(=O)OCC1c2ccccc2-c2ccccc21)N[C@@H]1CCC[C@@H](C(=O)O)C1. The van der Waals surface area contributed by atoms with Gasteiger partial charge in [0.2, 0.25) is 5.91 Å². The van der Waals surface area contributed by atoms with E-state index in [-0.39, 0.29) is 44.2 Å². The van der Waals surface area contributed by atoms with Gasteiger partial charge < -0.3 is 25.2 Å². The molecule has 1 saturated carbocycles. The Hall–Kier alpha value is -3.39. The number of ether oxygens (including phenoxy) is 2. The van der Waals surface area contributed by atoms with Gasteiger partial charge in [-0.25, -0.2) is 4.79 Å². The summed E-state index contributed by atoms with van der Waals surface area (Å²) in [5.41, 5.74) is 4.65. The summed E-state index contributed by atoms with van der Waals surface area (Å²) in [7, 11) is 0. The van der Waals surface area contributed by atoms with Crippen LogP contribution in [0.5, 0.6) is 0 Å². The zero-order valence-electron chi connectivity index (χ0n) is 19.0. The monoisotopic (exact) mass is 466 g/mol. The number of hydrogen-bond acceptors (Lipinski definition) is 5. The first-order chi connectivity index (χ1) is 16.5. The standard InChI is InChI=1S/C26H30N2O6/c29-24(28-18-7-5-6-17(14-18)25(30)31)16-33-13-12-27-26(32)34-15-23-21-10-3-1-8-19(21)20-9-2-4-11-22(20)23/h1-4,8-11,17-18,23H,5-7,12-16H2,(H,27,32)(H,28,29)(H,30,31)/t17-,18-/m1/s1. The number of nitrogens with one attached hydrogen (secondary N) is 2. The van der Waals surface area contributed by atoms with Crippen molar-refractivity contribution in [3.8, 4) is 11.1 Å². The zero-order chi connectivity index (χ0) is 23.9. The van der Waals surface area contributed by atoms with E-state index in [2.05, 4.69) is 34.9 Å². The molecule has 2 aromatic carbocycles. The number of rotatable bonds is 9. The molecule has 2 aliphatic rings. The van der Waals surface area contributed by atoms with Gasteiger partial charge in [-0.2, -0.15) is 0 Å². The van der Waals surface area contributed by atoms with Crippen molar-refractivity contribution in [2.45, 2.75) is 37.6 Å². The Morgan fingerprint density at radius 2 is 1.65 bits per heavy atom. The average Bonchev–Trinajstić information content (AvgIpc) is 3.16. The van der Waals surface area contributed by atoms with E-state index < -0.39 is 18.0 Å². The first kappa shape index (κ1) is 23.8. The molecule has 2 aromatic rings. The Labute approximate surface area is 198 Å². The summed E-state index contributed by atoms with van der Waals surface area (Å²) < 4.78 is 10.8. The largest absolute Gasteiger partial charge is 0.481 e. The molecule has 34 heavy (non-hydrogen) atoms. The molecule has 0 bridgehead atoms. The third kappa shape index (κ3) is 5.75. The van der Waals surface area contributed by atoms with Gasteiger partial charge in [0, 0.05) is 18.5 Å². The summed E-state index contributed by atoms with van der Waals surface area (Å²) >= 11 is 0. The maximum atomic E-state index is 12.2. The predicted octanol–water partition coefficient (Wildman–Crippen LogP) is 3.30. The Bertz CT molecular complexity index is 994.